The van der Waals surface area contributed by atoms with Gasteiger partial charge in [0.2, 0.25) is 0 Å². The molecule has 0 aromatic heterocycles. The summed E-state index contributed by atoms with van der Waals surface area (Å²) in [7, 11) is -4.27. The number of hydrogen-bond donors (Lipinski definition) is 4. The lowest BCUT2D eigenvalue weighted by Crippen LogP contribution is -2.51. The van der Waals surface area contributed by atoms with Gasteiger partial charge in [-0.2, -0.15) is 8.42 Å². The van der Waals surface area contributed by atoms with Crippen LogP contribution in [0.2, 0.25) is 0 Å². The summed E-state index contributed by atoms with van der Waals surface area (Å²) in [4.78, 5) is -0.303. The van der Waals surface area contributed by atoms with Crippen LogP contribution in [-0.2, 0) is 10.1 Å². The van der Waals surface area contributed by atoms with Crippen molar-refractivity contribution in [3.05, 3.63) is 24.3 Å². The molecule has 0 amide bonds. The van der Waals surface area contributed by atoms with E-state index in [0.717, 1.165) is 19.1 Å². The molecule has 0 atom stereocenters. The molecule has 0 aliphatic heterocycles. The molecule has 0 saturated heterocycles. The zero-order chi connectivity index (χ0) is 12.6. The Morgan fingerprint density at radius 3 is 2.00 bits per heavy atom. The van der Waals surface area contributed by atoms with Crippen molar-refractivity contribution in [2.45, 2.75) is 17.7 Å². The monoisotopic (exact) mass is 248 g/mol. The van der Waals surface area contributed by atoms with Crippen LogP contribution in [-0.4, -0.2) is 29.1 Å². The summed E-state index contributed by atoms with van der Waals surface area (Å²) in [6.45, 7) is 1.05. The molecule has 16 heavy (non-hydrogen) atoms. The molecule has 0 heterocycles. The van der Waals surface area contributed by atoms with E-state index in [9.17, 15) is 8.42 Å². The molecule has 0 radical (unpaired) electrons. The zero-order valence-corrected chi connectivity index (χ0v) is 9.22. The number of hydrogen-bond acceptors (Lipinski definition) is 6. The Hall–Kier alpha value is -1.19. The van der Waals surface area contributed by atoms with Gasteiger partial charge >= 0.3 is 0 Å². The Bertz CT molecular complexity index is 462. The van der Waals surface area contributed by atoms with E-state index in [0.29, 0.717) is 5.01 Å². The molecular weight excluding hydrogens is 236 g/mol. The van der Waals surface area contributed by atoms with Gasteiger partial charge in [-0.05, 0) is 24.3 Å². The van der Waals surface area contributed by atoms with Gasteiger partial charge in [0.05, 0.1) is 10.6 Å². The van der Waals surface area contributed by atoms with Gasteiger partial charge < -0.3 is 10.2 Å². The molecule has 0 bridgehead atoms. The second-order valence-electron chi connectivity index (χ2n) is 3.31. The van der Waals surface area contributed by atoms with Gasteiger partial charge in [-0.1, -0.05) is 0 Å². The van der Waals surface area contributed by atoms with E-state index in [-0.39, 0.29) is 10.6 Å². The first-order valence-electron chi connectivity index (χ1n) is 4.19. The third-order valence-electron chi connectivity index (χ3n) is 1.87. The smallest absolute Gasteiger partial charge is 0.294 e. The molecule has 0 spiro atoms. The van der Waals surface area contributed by atoms with E-state index in [1.165, 1.54) is 12.1 Å². The Balaban J connectivity index is 3.05. The predicted molar refractivity (Wildman–Crippen MR) is 55.8 cm³/mol. The van der Waals surface area contributed by atoms with Crippen LogP contribution < -0.4 is 10.9 Å². The van der Waals surface area contributed by atoms with E-state index in [2.05, 4.69) is 0 Å². The molecule has 0 fully saturated rings. The molecule has 1 aromatic rings. The van der Waals surface area contributed by atoms with Gasteiger partial charge in [0.15, 0.2) is 0 Å². The van der Waals surface area contributed by atoms with Crippen molar-refractivity contribution in [2.75, 3.05) is 5.01 Å². The highest BCUT2D eigenvalue weighted by Gasteiger charge is 2.23. The van der Waals surface area contributed by atoms with E-state index < -0.39 is 16.0 Å². The molecular formula is C8H12N2O5S. The summed E-state index contributed by atoms with van der Waals surface area (Å²) in [6.07, 6.45) is 0. The Labute approximate surface area is 92.4 Å². The molecule has 5 N–H and O–H groups in total. The van der Waals surface area contributed by atoms with Crippen LogP contribution in [0.25, 0.3) is 0 Å². The topological polar surface area (TPSA) is 124 Å². The maximum atomic E-state index is 10.7. The number of hydrazine groups is 1. The highest BCUT2D eigenvalue weighted by atomic mass is 32.2. The lowest BCUT2D eigenvalue weighted by atomic mass is 10.3. The molecule has 1 rings (SSSR count). The largest absolute Gasteiger partial charge is 0.348 e. The van der Waals surface area contributed by atoms with Crippen molar-refractivity contribution >= 4 is 15.8 Å². The average molecular weight is 248 g/mol. The van der Waals surface area contributed by atoms with E-state index in [1.54, 1.807) is 0 Å². The molecule has 0 aliphatic rings. The van der Waals surface area contributed by atoms with Crippen molar-refractivity contribution in [3.8, 4) is 0 Å². The lowest BCUT2D eigenvalue weighted by molar-refractivity contribution is -0.145. The van der Waals surface area contributed by atoms with Crippen molar-refractivity contribution < 1.29 is 23.2 Å². The van der Waals surface area contributed by atoms with Gasteiger partial charge in [-0.25, -0.2) is 5.84 Å². The summed E-state index contributed by atoms with van der Waals surface area (Å²) in [5, 5.41) is 19.0. The summed E-state index contributed by atoms with van der Waals surface area (Å²) < 4.78 is 30.2. The summed E-state index contributed by atoms with van der Waals surface area (Å²) in [5.74, 6) is 3.09. The maximum Gasteiger partial charge on any atom is 0.294 e. The third-order valence-corrected chi connectivity index (χ3v) is 2.74. The van der Waals surface area contributed by atoms with Gasteiger partial charge in [-0.3, -0.25) is 9.56 Å². The normalized spacial score (nSPS) is 12.6. The molecule has 1 aromatic carbocycles. The van der Waals surface area contributed by atoms with Crippen molar-refractivity contribution in [1.29, 1.82) is 0 Å². The van der Waals surface area contributed by atoms with Gasteiger partial charge in [0.1, 0.15) is 0 Å². The Morgan fingerprint density at radius 2 is 1.69 bits per heavy atom. The Kier molecular flexibility index (Phi) is 3.22. The van der Waals surface area contributed by atoms with Crippen LogP contribution in [0.3, 0.4) is 0 Å². The molecule has 90 valence electrons. The van der Waals surface area contributed by atoms with Crippen LogP contribution in [0.1, 0.15) is 6.92 Å². The fraction of sp³-hybridized carbons (Fsp3) is 0.250. The molecule has 0 unspecified atom stereocenters. The quantitative estimate of drug-likeness (QED) is 0.240. The first kappa shape index (κ1) is 12.9. The standard InChI is InChI=1S/C8H12N2O5S/c1-8(11,12)10(9)6-2-4-7(5-3-6)16(13,14)15/h2-5,11-12H,9H2,1H3,(H,13,14,15). The molecule has 7 nitrogen and oxygen atoms in total. The summed E-state index contributed by atoms with van der Waals surface area (Å²) in [6, 6.07) is 4.65. The van der Waals surface area contributed by atoms with E-state index in [1.807, 2.05) is 0 Å². The minimum Gasteiger partial charge on any atom is -0.348 e. The minimum absolute atomic E-state index is 0.180. The van der Waals surface area contributed by atoms with Crippen LogP contribution in [0.5, 0.6) is 0 Å². The first-order valence-corrected chi connectivity index (χ1v) is 5.63. The highest BCUT2D eigenvalue weighted by Crippen LogP contribution is 2.19. The highest BCUT2D eigenvalue weighted by molar-refractivity contribution is 7.85. The van der Waals surface area contributed by atoms with Crippen LogP contribution in [0, 0.1) is 0 Å². The number of rotatable bonds is 3. The maximum absolute atomic E-state index is 10.7. The number of benzene rings is 1. The van der Waals surface area contributed by atoms with Gasteiger partial charge in [-0.15, -0.1) is 0 Å². The zero-order valence-electron chi connectivity index (χ0n) is 8.40. The van der Waals surface area contributed by atoms with Crippen LogP contribution in [0.15, 0.2) is 29.2 Å². The second-order valence-corrected chi connectivity index (χ2v) is 4.73. The van der Waals surface area contributed by atoms with E-state index >= 15 is 0 Å². The lowest BCUT2D eigenvalue weighted by Gasteiger charge is -2.29. The van der Waals surface area contributed by atoms with Gasteiger partial charge in [0.25, 0.3) is 16.0 Å². The van der Waals surface area contributed by atoms with Crippen molar-refractivity contribution in [3.63, 3.8) is 0 Å². The third kappa shape index (κ3) is 2.90. The second kappa shape index (κ2) is 4.00. The van der Waals surface area contributed by atoms with Crippen LogP contribution in [0.4, 0.5) is 5.69 Å². The molecule has 0 aliphatic carbocycles. The molecule has 0 saturated carbocycles. The summed E-state index contributed by atoms with van der Waals surface area (Å²) in [5.41, 5.74) is 0.180. The minimum atomic E-state index is -4.27. The van der Waals surface area contributed by atoms with Crippen LogP contribution >= 0.6 is 0 Å². The fourth-order valence-corrected chi connectivity index (χ4v) is 1.50. The number of nitrogens with two attached hydrogens (primary N) is 1. The SMILES string of the molecule is CC(O)(O)N(N)c1ccc(S(=O)(=O)O)cc1. The van der Waals surface area contributed by atoms with Crippen molar-refractivity contribution in [1.82, 2.24) is 0 Å². The van der Waals surface area contributed by atoms with E-state index in [4.69, 9.17) is 20.6 Å². The predicted octanol–water partition coefficient (Wildman–Crippen LogP) is -0.728. The number of anilines is 1. The average Bonchev–Trinajstić information content (AvgIpc) is 2.14. The number of aliphatic hydroxyl groups is 2. The Morgan fingerprint density at radius 1 is 1.25 bits per heavy atom. The first-order chi connectivity index (χ1) is 7.12. The van der Waals surface area contributed by atoms with Gasteiger partial charge in [0, 0.05) is 6.92 Å². The molecule has 8 heteroatoms. The fourth-order valence-electron chi connectivity index (χ4n) is 1.02. The summed E-state index contributed by atoms with van der Waals surface area (Å²) >= 11 is 0. The van der Waals surface area contributed by atoms with Crippen molar-refractivity contribution in [2.24, 2.45) is 5.84 Å². The number of nitrogens with zero attached hydrogens (tertiary/aromatic N) is 1.